The van der Waals surface area contributed by atoms with Gasteiger partial charge in [-0.25, -0.2) is 0 Å². The van der Waals surface area contributed by atoms with Gasteiger partial charge in [0.25, 0.3) is 5.69 Å². The molecule has 0 amide bonds. The van der Waals surface area contributed by atoms with Gasteiger partial charge in [-0.1, -0.05) is 18.2 Å². The first kappa shape index (κ1) is 12.6. The van der Waals surface area contributed by atoms with Gasteiger partial charge < -0.3 is 4.90 Å². The number of nitro benzene ring substituents is 1. The van der Waals surface area contributed by atoms with Crippen LogP contribution in [0.5, 0.6) is 0 Å². The molecule has 0 heterocycles. The number of nitro groups is 1. The lowest BCUT2D eigenvalue weighted by atomic mass is 10.1. The SMILES string of the molecule is CN(c1ccccc1)c1ccc([N+](=O)[O-])c(C#N)c1. The van der Waals surface area contributed by atoms with E-state index in [0.717, 1.165) is 11.4 Å². The lowest BCUT2D eigenvalue weighted by Crippen LogP contribution is -2.09. The molecular formula is C14H11N3O2. The number of hydrogen-bond acceptors (Lipinski definition) is 4. The predicted molar refractivity (Wildman–Crippen MR) is 72.3 cm³/mol. The molecule has 0 fully saturated rings. The Morgan fingerprint density at radius 2 is 1.84 bits per heavy atom. The predicted octanol–water partition coefficient (Wildman–Crippen LogP) is 3.23. The topological polar surface area (TPSA) is 70.2 Å². The number of nitriles is 1. The first-order valence-corrected chi connectivity index (χ1v) is 5.61. The Hall–Kier alpha value is -2.87. The van der Waals surface area contributed by atoms with Crippen LogP contribution < -0.4 is 4.90 Å². The molecule has 94 valence electrons. The maximum absolute atomic E-state index is 10.8. The monoisotopic (exact) mass is 253 g/mol. The average molecular weight is 253 g/mol. The molecule has 0 aromatic heterocycles. The zero-order chi connectivity index (χ0) is 13.8. The van der Waals surface area contributed by atoms with Gasteiger partial charge in [0, 0.05) is 24.5 Å². The van der Waals surface area contributed by atoms with Gasteiger partial charge >= 0.3 is 0 Å². The van der Waals surface area contributed by atoms with Crippen molar-refractivity contribution in [3.8, 4) is 6.07 Å². The quantitative estimate of drug-likeness (QED) is 0.622. The first-order chi connectivity index (χ1) is 9.13. The van der Waals surface area contributed by atoms with E-state index >= 15 is 0 Å². The second kappa shape index (κ2) is 5.19. The van der Waals surface area contributed by atoms with Gasteiger partial charge in [-0.05, 0) is 24.3 Å². The van der Waals surface area contributed by atoms with Crippen LogP contribution in [-0.2, 0) is 0 Å². The van der Waals surface area contributed by atoms with Crippen LogP contribution in [0.4, 0.5) is 17.1 Å². The molecule has 0 atom stereocenters. The van der Waals surface area contributed by atoms with E-state index in [1.54, 1.807) is 6.07 Å². The highest BCUT2D eigenvalue weighted by atomic mass is 16.6. The van der Waals surface area contributed by atoms with E-state index in [-0.39, 0.29) is 11.3 Å². The molecule has 19 heavy (non-hydrogen) atoms. The minimum absolute atomic E-state index is 0.0604. The summed E-state index contributed by atoms with van der Waals surface area (Å²) in [6.45, 7) is 0. The van der Waals surface area contributed by atoms with E-state index in [1.165, 1.54) is 12.1 Å². The van der Waals surface area contributed by atoms with Crippen molar-refractivity contribution in [2.24, 2.45) is 0 Å². The summed E-state index contributed by atoms with van der Waals surface area (Å²) in [6.07, 6.45) is 0. The van der Waals surface area contributed by atoms with Gasteiger partial charge in [0.15, 0.2) is 0 Å². The number of para-hydroxylation sites is 1. The maximum Gasteiger partial charge on any atom is 0.287 e. The lowest BCUT2D eigenvalue weighted by molar-refractivity contribution is -0.385. The van der Waals surface area contributed by atoms with E-state index in [1.807, 2.05) is 48.3 Å². The van der Waals surface area contributed by atoms with Crippen LogP contribution in [0.3, 0.4) is 0 Å². The largest absolute Gasteiger partial charge is 0.345 e. The normalized spacial score (nSPS) is 9.68. The zero-order valence-corrected chi connectivity index (χ0v) is 10.3. The molecule has 0 aliphatic rings. The van der Waals surface area contributed by atoms with Crippen molar-refractivity contribution in [3.05, 3.63) is 64.2 Å². The number of nitrogens with zero attached hydrogens (tertiary/aromatic N) is 3. The summed E-state index contributed by atoms with van der Waals surface area (Å²) in [7, 11) is 1.84. The van der Waals surface area contributed by atoms with Crippen LogP contribution >= 0.6 is 0 Å². The summed E-state index contributed by atoms with van der Waals surface area (Å²) in [5.41, 5.74) is 1.56. The molecule has 0 bridgehead atoms. The summed E-state index contributed by atoms with van der Waals surface area (Å²) in [6, 6.07) is 15.9. The molecule has 2 aromatic rings. The molecule has 0 spiro atoms. The Bertz CT molecular complexity index is 647. The minimum Gasteiger partial charge on any atom is -0.345 e. The minimum atomic E-state index is -0.551. The number of benzene rings is 2. The summed E-state index contributed by atoms with van der Waals surface area (Å²) < 4.78 is 0. The van der Waals surface area contributed by atoms with E-state index in [9.17, 15) is 10.1 Å². The summed E-state index contributed by atoms with van der Waals surface area (Å²) in [4.78, 5) is 12.1. The van der Waals surface area contributed by atoms with Crippen LogP contribution in [0.1, 0.15) is 5.56 Å². The molecule has 0 radical (unpaired) electrons. The zero-order valence-electron chi connectivity index (χ0n) is 10.3. The van der Waals surface area contributed by atoms with E-state index in [2.05, 4.69) is 0 Å². The highest BCUT2D eigenvalue weighted by Gasteiger charge is 2.15. The Kier molecular flexibility index (Phi) is 3.44. The second-order valence-electron chi connectivity index (χ2n) is 3.96. The van der Waals surface area contributed by atoms with Crippen LogP contribution in [-0.4, -0.2) is 12.0 Å². The average Bonchev–Trinajstić information content (AvgIpc) is 2.46. The van der Waals surface area contributed by atoms with Gasteiger partial charge in [-0.2, -0.15) is 5.26 Å². The molecule has 5 nitrogen and oxygen atoms in total. The van der Waals surface area contributed by atoms with Crippen molar-refractivity contribution >= 4 is 17.1 Å². The molecule has 0 unspecified atom stereocenters. The van der Waals surface area contributed by atoms with Gasteiger partial charge in [-0.15, -0.1) is 0 Å². The van der Waals surface area contributed by atoms with Gasteiger partial charge in [0.2, 0.25) is 0 Å². The molecule has 0 saturated heterocycles. The van der Waals surface area contributed by atoms with Crippen molar-refractivity contribution in [1.82, 2.24) is 0 Å². The lowest BCUT2D eigenvalue weighted by Gasteiger charge is -2.19. The van der Waals surface area contributed by atoms with Crippen molar-refractivity contribution in [1.29, 1.82) is 5.26 Å². The van der Waals surface area contributed by atoms with Gasteiger partial charge in [-0.3, -0.25) is 10.1 Å². The standard InChI is InChI=1S/C14H11N3O2/c1-16(12-5-3-2-4-6-12)13-7-8-14(17(18)19)11(9-13)10-15/h2-9H,1H3. The number of hydrogen-bond donors (Lipinski definition) is 0. The highest BCUT2D eigenvalue weighted by molar-refractivity contribution is 5.67. The fourth-order valence-corrected chi connectivity index (χ4v) is 1.78. The summed E-state index contributed by atoms with van der Waals surface area (Å²) in [5, 5.41) is 19.7. The Labute approximate surface area is 110 Å². The fraction of sp³-hybridized carbons (Fsp3) is 0.0714. The Morgan fingerprint density at radius 3 is 2.42 bits per heavy atom. The molecule has 0 aliphatic carbocycles. The Morgan fingerprint density at radius 1 is 1.16 bits per heavy atom. The van der Waals surface area contributed by atoms with E-state index in [0.29, 0.717) is 0 Å². The maximum atomic E-state index is 10.8. The fourth-order valence-electron chi connectivity index (χ4n) is 1.78. The highest BCUT2D eigenvalue weighted by Crippen LogP contribution is 2.28. The third-order valence-electron chi connectivity index (χ3n) is 2.83. The molecular weight excluding hydrogens is 242 g/mol. The Balaban J connectivity index is 2.42. The van der Waals surface area contributed by atoms with Gasteiger partial charge in [0.1, 0.15) is 11.6 Å². The molecule has 2 aromatic carbocycles. The summed E-state index contributed by atoms with van der Waals surface area (Å²) in [5.74, 6) is 0. The first-order valence-electron chi connectivity index (χ1n) is 5.61. The smallest absolute Gasteiger partial charge is 0.287 e. The second-order valence-corrected chi connectivity index (χ2v) is 3.96. The van der Waals surface area contributed by atoms with Crippen molar-refractivity contribution in [2.75, 3.05) is 11.9 Å². The molecule has 5 heteroatoms. The molecule has 0 aliphatic heterocycles. The number of rotatable bonds is 3. The molecule has 0 N–H and O–H groups in total. The number of anilines is 2. The van der Waals surface area contributed by atoms with Crippen molar-refractivity contribution in [2.45, 2.75) is 0 Å². The van der Waals surface area contributed by atoms with Gasteiger partial charge in [0.05, 0.1) is 4.92 Å². The van der Waals surface area contributed by atoms with Crippen LogP contribution in [0.25, 0.3) is 0 Å². The van der Waals surface area contributed by atoms with Crippen molar-refractivity contribution in [3.63, 3.8) is 0 Å². The van der Waals surface area contributed by atoms with Crippen LogP contribution in [0.2, 0.25) is 0 Å². The summed E-state index contributed by atoms with van der Waals surface area (Å²) >= 11 is 0. The molecule has 0 saturated carbocycles. The van der Waals surface area contributed by atoms with E-state index < -0.39 is 4.92 Å². The van der Waals surface area contributed by atoms with Crippen LogP contribution in [0.15, 0.2) is 48.5 Å². The molecule has 2 rings (SSSR count). The third-order valence-corrected chi connectivity index (χ3v) is 2.83. The third kappa shape index (κ3) is 2.53. The van der Waals surface area contributed by atoms with Crippen molar-refractivity contribution < 1.29 is 4.92 Å². The van der Waals surface area contributed by atoms with E-state index in [4.69, 9.17) is 5.26 Å². The van der Waals surface area contributed by atoms with Crippen LogP contribution in [0, 0.1) is 21.4 Å².